The van der Waals surface area contributed by atoms with Gasteiger partial charge in [-0.3, -0.25) is 9.78 Å². The number of aliphatic hydroxyl groups is 1. The Bertz CT molecular complexity index is 796. The molecule has 142 valence electrons. The largest absolute Gasteiger partial charge is 0.393 e. The Morgan fingerprint density at radius 3 is 2.37 bits per heavy atom. The second-order valence-electron chi connectivity index (χ2n) is 7.86. The molecule has 0 saturated heterocycles. The van der Waals surface area contributed by atoms with Crippen LogP contribution in [0.25, 0.3) is 11.3 Å². The Kier molecular flexibility index (Phi) is 5.21. The van der Waals surface area contributed by atoms with E-state index in [1.165, 1.54) is 18.3 Å². The van der Waals surface area contributed by atoms with Crippen molar-refractivity contribution >= 4 is 5.91 Å². The van der Waals surface area contributed by atoms with Crippen LogP contribution in [-0.2, 0) is 0 Å². The lowest BCUT2D eigenvalue weighted by molar-refractivity contribution is 0.0590. The zero-order valence-electron chi connectivity index (χ0n) is 15.3. The van der Waals surface area contributed by atoms with Crippen molar-refractivity contribution in [2.45, 2.75) is 50.7 Å². The van der Waals surface area contributed by atoms with Gasteiger partial charge >= 0.3 is 0 Å². The zero-order chi connectivity index (χ0) is 18.8. The maximum Gasteiger partial charge on any atom is 0.253 e. The molecule has 2 fully saturated rings. The molecule has 1 atom stereocenters. The highest BCUT2D eigenvalue weighted by atomic mass is 19.1. The molecule has 27 heavy (non-hydrogen) atoms. The van der Waals surface area contributed by atoms with Crippen LogP contribution in [0.3, 0.4) is 0 Å². The van der Waals surface area contributed by atoms with Gasteiger partial charge in [-0.2, -0.15) is 0 Å². The molecule has 0 bridgehead atoms. The van der Waals surface area contributed by atoms with E-state index < -0.39 is 0 Å². The summed E-state index contributed by atoms with van der Waals surface area (Å²) in [5, 5.41) is 13.4. The normalized spacial score (nSPS) is 23.6. The van der Waals surface area contributed by atoms with Crippen molar-refractivity contribution in [1.29, 1.82) is 0 Å². The number of rotatable bonds is 5. The SMILES string of the molecule is O=C(NC1CCC([C@H](O)C2CC2)CC1)c1ccc(-c2cccc(F)c2)nc1. The number of halogens is 1. The van der Waals surface area contributed by atoms with E-state index in [1.54, 1.807) is 24.3 Å². The van der Waals surface area contributed by atoms with Crippen molar-refractivity contribution in [3.05, 3.63) is 54.0 Å². The third-order valence-corrected chi connectivity index (χ3v) is 5.84. The van der Waals surface area contributed by atoms with Gasteiger partial charge in [-0.25, -0.2) is 4.39 Å². The molecular weight excluding hydrogens is 343 g/mol. The molecule has 5 heteroatoms. The number of hydrogen-bond donors (Lipinski definition) is 2. The number of hydrogen-bond acceptors (Lipinski definition) is 3. The van der Waals surface area contributed by atoms with Crippen LogP contribution in [0.1, 0.15) is 48.9 Å². The molecule has 2 aliphatic rings. The molecule has 1 heterocycles. The molecule has 1 amide bonds. The first-order valence-corrected chi connectivity index (χ1v) is 9.81. The summed E-state index contributed by atoms with van der Waals surface area (Å²) in [5.41, 5.74) is 1.84. The monoisotopic (exact) mass is 368 g/mol. The molecule has 2 saturated carbocycles. The molecule has 1 aromatic carbocycles. The summed E-state index contributed by atoms with van der Waals surface area (Å²) in [7, 11) is 0. The standard InChI is InChI=1S/C22H25FN2O2/c23-18-3-1-2-16(12-18)20-11-8-17(13-24-20)22(27)25-19-9-6-15(7-10-19)21(26)14-4-5-14/h1-3,8,11-15,19,21,26H,4-7,9-10H2,(H,25,27)/t15?,19?,21-/m1/s1. The lowest BCUT2D eigenvalue weighted by Gasteiger charge is -2.32. The number of amides is 1. The first-order chi connectivity index (χ1) is 13.1. The van der Waals surface area contributed by atoms with Gasteiger partial charge in [0.1, 0.15) is 5.82 Å². The van der Waals surface area contributed by atoms with Crippen LogP contribution in [0.4, 0.5) is 4.39 Å². The molecule has 4 nitrogen and oxygen atoms in total. The number of carbonyl (C=O) groups is 1. The fraction of sp³-hybridized carbons (Fsp3) is 0.455. The van der Waals surface area contributed by atoms with Gasteiger partial charge in [-0.1, -0.05) is 12.1 Å². The van der Waals surface area contributed by atoms with Crippen LogP contribution in [0, 0.1) is 17.7 Å². The van der Waals surface area contributed by atoms with Gasteiger partial charge in [0.2, 0.25) is 0 Å². The van der Waals surface area contributed by atoms with Gasteiger partial charge in [0.05, 0.1) is 17.4 Å². The molecule has 0 aliphatic heterocycles. The minimum absolute atomic E-state index is 0.125. The molecule has 2 N–H and O–H groups in total. The smallest absolute Gasteiger partial charge is 0.253 e. The zero-order valence-corrected chi connectivity index (χ0v) is 15.3. The van der Waals surface area contributed by atoms with Crippen molar-refractivity contribution in [3.63, 3.8) is 0 Å². The highest BCUT2D eigenvalue weighted by Crippen LogP contribution is 2.40. The van der Waals surface area contributed by atoms with Crippen molar-refractivity contribution in [2.75, 3.05) is 0 Å². The summed E-state index contributed by atoms with van der Waals surface area (Å²) >= 11 is 0. The number of pyridine rings is 1. The lowest BCUT2D eigenvalue weighted by atomic mass is 9.81. The molecule has 2 aliphatic carbocycles. The van der Waals surface area contributed by atoms with Gasteiger partial charge < -0.3 is 10.4 Å². The number of aromatic nitrogens is 1. The van der Waals surface area contributed by atoms with Crippen molar-refractivity contribution in [3.8, 4) is 11.3 Å². The Morgan fingerprint density at radius 1 is 1.07 bits per heavy atom. The number of aliphatic hydroxyl groups excluding tert-OH is 1. The lowest BCUT2D eigenvalue weighted by Crippen LogP contribution is -2.39. The van der Waals surface area contributed by atoms with Gasteiger partial charge in [-0.05, 0) is 74.6 Å². The number of nitrogens with zero attached hydrogens (tertiary/aromatic N) is 1. The second kappa shape index (κ2) is 7.77. The third kappa shape index (κ3) is 4.35. The minimum atomic E-state index is -0.307. The topological polar surface area (TPSA) is 62.2 Å². The van der Waals surface area contributed by atoms with E-state index in [0.717, 1.165) is 38.5 Å². The van der Waals surface area contributed by atoms with Gasteiger partial charge in [-0.15, -0.1) is 0 Å². The Hall–Kier alpha value is -2.27. The Labute approximate surface area is 158 Å². The van der Waals surface area contributed by atoms with Crippen molar-refractivity contribution in [1.82, 2.24) is 10.3 Å². The van der Waals surface area contributed by atoms with Gasteiger partial charge in [0, 0.05) is 17.8 Å². The van der Waals surface area contributed by atoms with E-state index in [1.807, 2.05) is 0 Å². The van der Waals surface area contributed by atoms with Crippen LogP contribution in [0.15, 0.2) is 42.6 Å². The van der Waals surface area contributed by atoms with Crippen LogP contribution in [0.5, 0.6) is 0 Å². The highest BCUT2D eigenvalue weighted by Gasteiger charge is 2.37. The third-order valence-electron chi connectivity index (χ3n) is 5.84. The summed E-state index contributed by atoms with van der Waals surface area (Å²) in [6.45, 7) is 0. The fourth-order valence-electron chi connectivity index (χ4n) is 4.04. The number of nitrogens with one attached hydrogen (secondary N) is 1. The van der Waals surface area contributed by atoms with Crippen LogP contribution in [0.2, 0.25) is 0 Å². The van der Waals surface area contributed by atoms with E-state index in [2.05, 4.69) is 10.3 Å². The maximum atomic E-state index is 13.3. The van der Waals surface area contributed by atoms with Crippen LogP contribution in [-0.4, -0.2) is 28.1 Å². The highest BCUT2D eigenvalue weighted by molar-refractivity contribution is 5.94. The van der Waals surface area contributed by atoms with Crippen LogP contribution < -0.4 is 5.32 Å². The summed E-state index contributed by atoms with van der Waals surface area (Å²) in [6, 6.07) is 9.88. The molecule has 0 spiro atoms. The number of carbonyl (C=O) groups excluding carboxylic acids is 1. The molecule has 2 aromatic rings. The summed E-state index contributed by atoms with van der Waals surface area (Å²) in [6.07, 6.45) is 7.48. The van der Waals surface area contributed by atoms with Gasteiger partial charge in [0.15, 0.2) is 0 Å². The minimum Gasteiger partial charge on any atom is -0.393 e. The first kappa shape index (κ1) is 18.1. The molecule has 0 radical (unpaired) electrons. The summed E-state index contributed by atoms with van der Waals surface area (Å²) in [5.74, 6) is 0.472. The van der Waals surface area contributed by atoms with E-state index >= 15 is 0 Å². The Balaban J connectivity index is 1.32. The average Bonchev–Trinajstić information content (AvgIpc) is 3.53. The fourth-order valence-corrected chi connectivity index (χ4v) is 4.04. The van der Waals surface area contributed by atoms with E-state index in [-0.39, 0.29) is 23.9 Å². The van der Waals surface area contributed by atoms with Gasteiger partial charge in [0.25, 0.3) is 5.91 Å². The quantitative estimate of drug-likeness (QED) is 0.840. The van der Waals surface area contributed by atoms with E-state index in [0.29, 0.717) is 28.7 Å². The predicted molar refractivity (Wildman–Crippen MR) is 102 cm³/mol. The summed E-state index contributed by atoms with van der Waals surface area (Å²) in [4.78, 5) is 16.8. The predicted octanol–water partition coefficient (Wildman–Crippen LogP) is 3.95. The number of benzene rings is 1. The van der Waals surface area contributed by atoms with E-state index in [4.69, 9.17) is 0 Å². The Morgan fingerprint density at radius 2 is 1.78 bits per heavy atom. The second-order valence-corrected chi connectivity index (χ2v) is 7.86. The molecular formula is C22H25FN2O2. The summed E-state index contributed by atoms with van der Waals surface area (Å²) < 4.78 is 13.3. The molecule has 0 unspecified atom stereocenters. The average molecular weight is 368 g/mol. The molecule has 4 rings (SSSR count). The van der Waals surface area contributed by atoms with E-state index in [9.17, 15) is 14.3 Å². The van der Waals surface area contributed by atoms with Crippen molar-refractivity contribution < 1.29 is 14.3 Å². The van der Waals surface area contributed by atoms with Crippen molar-refractivity contribution in [2.24, 2.45) is 11.8 Å². The first-order valence-electron chi connectivity index (χ1n) is 9.81. The van der Waals surface area contributed by atoms with Crippen LogP contribution >= 0.6 is 0 Å². The maximum absolute atomic E-state index is 13.3. The molecule has 1 aromatic heterocycles.